The van der Waals surface area contributed by atoms with E-state index in [1.54, 1.807) is 27.0 Å². The largest absolute Gasteiger partial charge is 0.472 e. The fourth-order valence-corrected chi connectivity index (χ4v) is 7.95. The zero-order valence-electron chi connectivity index (χ0n) is 25.6. The molecule has 250 valence electrons. The summed E-state index contributed by atoms with van der Waals surface area (Å²) in [7, 11) is -3.86. The van der Waals surface area contributed by atoms with Crippen LogP contribution in [0, 0.1) is 5.41 Å². The summed E-state index contributed by atoms with van der Waals surface area (Å²) in [6.07, 6.45) is 1.06. The lowest BCUT2D eigenvalue weighted by Gasteiger charge is -2.35. The summed E-state index contributed by atoms with van der Waals surface area (Å²) in [6.45, 7) is 3.71. The highest BCUT2D eigenvalue weighted by Crippen LogP contribution is 2.44. The van der Waals surface area contributed by atoms with Gasteiger partial charge in [0.2, 0.25) is 27.7 Å². The van der Waals surface area contributed by atoms with Gasteiger partial charge in [0.15, 0.2) is 0 Å². The molecular weight excluding hydrogens is 736 g/mol. The molecule has 5 rings (SSSR count). The smallest absolute Gasteiger partial charge is 0.407 e. The van der Waals surface area contributed by atoms with Gasteiger partial charge in [-0.15, -0.1) is 0 Å². The Hall–Kier alpha value is -3.28. The number of fused-ring (bicyclic) bond motifs is 1. The number of benzene rings is 1. The van der Waals surface area contributed by atoms with E-state index in [2.05, 4.69) is 20.3 Å². The van der Waals surface area contributed by atoms with Crippen molar-refractivity contribution in [3.63, 3.8) is 0 Å². The maximum atomic E-state index is 14.1. The van der Waals surface area contributed by atoms with Crippen LogP contribution in [0.25, 0.3) is 10.8 Å². The molecule has 3 N–H and O–H groups in total. The molecule has 5 atom stereocenters. The Labute approximate surface area is 279 Å². The predicted molar refractivity (Wildman–Crippen MR) is 173 cm³/mol. The molecule has 2 aromatic rings. The Kier molecular flexibility index (Phi) is 9.69. The summed E-state index contributed by atoms with van der Waals surface area (Å²) in [5, 5.41) is 6.24. The first-order valence-electron chi connectivity index (χ1n) is 15.0. The number of carbonyl (C=O) groups excluding carboxylic acids is 4. The molecule has 1 aromatic heterocycles. The molecule has 16 heteroatoms. The maximum Gasteiger partial charge on any atom is 0.407 e. The van der Waals surface area contributed by atoms with Crippen molar-refractivity contribution in [1.29, 1.82) is 0 Å². The average molecular weight is 774 g/mol. The van der Waals surface area contributed by atoms with Crippen LogP contribution in [0.5, 0.6) is 5.88 Å². The molecule has 13 nitrogen and oxygen atoms in total. The highest BCUT2D eigenvalue weighted by atomic mass is 127. The third-order valence-corrected chi connectivity index (χ3v) is 11.6. The lowest BCUT2D eigenvalue weighted by molar-refractivity contribution is -0.142. The Bertz CT molecular complexity index is 1630. The molecule has 1 aromatic carbocycles. The van der Waals surface area contributed by atoms with Crippen LogP contribution in [-0.4, -0.2) is 94.8 Å². The number of hydrogen-bond acceptors (Lipinski definition) is 9. The zero-order valence-corrected chi connectivity index (χ0v) is 28.6. The third kappa shape index (κ3) is 7.31. The van der Waals surface area contributed by atoms with E-state index in [0.29, 0.717) is 18.7 Å². The van der Waals surface area contributed by atoms with Crippen LogP contribution in [0.2, 0.25) is 0 Å². The van der Waals surface area contributed by atoms with Crippen molar-refractivity contribution in [2.24, 2.45) is 5.41 Å². The molecule has 3 aliphatic rings. The average Bonchev–Trinajstić information content (AvgIpc) is 3.91. The maximum absolute atomic E-state index is 14.1. The molecule has 2 heterocycles. The van der Waals surface area contributed by atoms with Crippen molar-refractivity contribution < 1.29 is 41.5 Å². The van der Waals surface area contributed by atoms with Crippen LogP contribution in [0.15, 0.2) is 36.5 Å². The van der Waals surface area contributed by atoms with Gasteiger partial charge in [-0.3, -0.25) is 19.1 Å². The number of carbonyl (C=O) groups is 4. The van der Waals surface area contributed by atoms with E-state index in [1.165, 1.54) is 4.90 Å². The number of alkyl halides is 2. The van der Waals surface area contributed by atoms with E-state index in [4.69, 9.17) is 9.47 Å². The number of pyridine rings is 1. The van der Waals surface area contributed by atoms with Crippen molar-refractivity contribution >= 4 is 67.2 Å². The Morgan fingerprint density at radius 2 is 1.87 bits per heavy atom. The minimum absolute atomic E-state index is 0.0234. The van der Waals surface area contributed by atoms with Crippen LogP contribution >= 0.6 is 22.6 Å². The van der Waals surface area contributed by atoms with Gasteiger partial charge in [-0.2, -0.15) is 0 Å². The summed E-state index contributed by atoms with van der Waals surface area (Å²) < 4.78 is 50.5. The van der Waals surface area contributed by atoms with Gasteiger partial charge >= 0.3 is 6.09 Å². The van der Waals surface area contributed by atoms with Crippen molar-refractivity contribution in [1.82, 2.24) is 25.2 Å². The van der Waals surface area contributed by atoms with Gasteiger partial charge in [-0.05, 0) is 42.2 Å². The summed E-state index contributed by atoms with van der Waals surface area (Å²) in [4.78, 5) is 59.4. The molecule has 1 saturated heterocycles. The highest BCUT2D eigenvalue weighted by Gasteiger charge is 2.62. The number of nitrogens with zero attached hydrogens (tertiary/aromatic N) is 2. The van der Waals surface area contributed by atoms with Crippen LogP contribution < -0.4 is 20.1 Å². The predicted octanol–water partition coefficient (Wildman–Crippen LogP) is 2.36. The second kappa shape index (κ2) is 13.1. The number of hydrogen-bond donors (Lipinski definition) is 3. The SMILES string of the molecule is CC(C)(C)[C@H](NC(=O)OCCF)C(=O)N1C[C@H](Oc2nccc3ccccc23)C[C@H]1C(=O)N[C@]1(C(=O)NS(=O)(=O)C2CC2)C[C@H]1I. The lowest BCUT2D eigenvalue weighted by atomic mass is 9.85. The normalized spacial score (nSPS) is 25.0. The number of nitrogens with one attached hydrogen (secondary N) is 3. The Balaban J connectivity index is 1.41. The van der Waals surface area contributed by atoms with Crippen LogP contribution in [0.4, 0.5) is 9.18 Å². The van der Waals surface area contributed by atoms with E-state index < -0.39 is 81.5 Å². The zero-order chi connectivity index (χ0) is 33.4. The van der Waals surface area contributed by atoms with Gasteiger partial charge in [0.1, 0.15) is 37.0 Å². The molecule has 0 unspecified atom stereocenters. The Morgan fingerprint density at radius 3 is 2.50 bits per heavy atom. The van der Waals surface area contributed by atoms with Gasteiger partial charge in [0.05, 0.1) is 11.8 Å². The molecule has 1 aliphatic heterocycles. The van der Waals surface area contributed by atoms with E-state index in [1.807, 2.05) is 52.9 Å². The minimum Gasteiger partial charge on any atom is -0.472 e. The molecule has 46 heavy (non-hydrogen) atoms. The first kappa shape index (κ1) is 34.1. The number of ether oxygens (including phenoxy) is 2. The van der Waals surface area contributed by atoms with Crippen LogP contribution in [0.3, 0.4) is 0 Å². The van der Waals surface area contributed by atoms with Crippen molar-refractivity contribution in [2.75, 3.05) is 19.8 Å². The molecule has 0 spiro atoms. The number of likely N-dealkylation sites (tertiary alicyclic amines) is 1. The second-order valence-electron chi connectivity index (χ2n) is 12.9. The van der Waals surface area contributed by atoms with E-state index in [0.717, 1.165) is 10.8 Å². The number of halogens is 2. The fourth-order valence-electron chi connectivity index (χ4n) is 5.45. The fraction of sp³-hybridized carbons (Fsp3) is 0.567. The van der Waals surface area contributed by atoms with Crippen LogP contribution in [-0.2, 0) is 29.1 Å². The summed E-state index contributed by atoms with van der Waals surface area (Å²) >= 11 is 1.98. The van der Waals surface area contributed by atoms with E-state index in [9.17, 15) is 32.0 Å². The first-order valence-corrected chi connectivity index (χ1v) is 17.8. The number of rotatable bonds is 11. The number of alkyl carbamates (subject to hydrolysis) is 1. The highest BCUT2D eigenvalue weighted by molar-refractivity contribution is 14.1. The van der Waals surface area contributed by atoms with Crippen LogP contribution in [0.1, 0.15) is 46.5 Å². The molecule has 2 saturated carbocycles. The standard InChI is InChI=1S/C30H37FIN5O8S/c1-29(2,3)23(34-28(41)44-13-11-31)26(39)37-16-18(45-25-20-7-5-4-6-17(20)10-12-33-25)14-21(37)24(38)35-30(15-22(30)32)27(40)36-46(42,43)19-8-9-19/h4-7,10,12,18-19,21-23H,8-9,11,13-16H2,1-3H3,(H,34,41)(H,35,38)(H,36,40)/t18-,21+,22-,23-,30-/m1/s1. The van der Waals surface area contributed by atoms with Gasteiger partial charge in [0.25, 0.3) is 5.91 Å². The van der Waals surface area contributed by atoms with Gasteiger partial charge in [-0.1, -0.05) is 61.6 Å². The van der Waals surface area contributed by atoms with Crippen molar-refractivity contribution in [2.45, 2.75) is 79.4 Å². The Morgan fingerprint density at radius 1 is 1.17 bits per heavy atom. The second-order valence-corrected chi connectivity index (χ2v) is 16.4. The molecular formula is C30H37FIN5O8S. The molecule has 2 aliphatic carbocycles. The lowest BCUT2D eigenvalue weighted by Crippen LogP contribution is -2.60. The first-order chi connectivity index (χ1) is 21.7. The van der Waals surface area contributed by atoms with E-state index >= 15 is 0 Å². The van der Waals surface area contributed by atoms with Gasteiger partial charge < -0.3 is 25.0 Å². The monoisotopic (exact) mass is 773 g/mol. The summed E-state index contributed by atoms with van der Waals surface area (Å²) in [5.41, 5.74) is -2.33. The van der Waals surface area contributed by atoms with Crippen molar-refractivity contribution in [3.05, 3.63) is 36.5 Å². The van der Waals surface area contributed by atoms with Crippen molar-refractivity contribution in [3.8, 4) is 5.88 Å². The van der Waals surface area contributed by atoms with E-state index in [-0.39, 0.29) is 23.3 Å². The minimum atomic E-state index is -3.86. The molecule has 4 amide bonds. The molecule has 0 radical (unpaired) electrons. The number of sulfonamides is 1. The molecule has 0 bridgehead atoms. The van der Waals surface area contributed by atoms with Gasteiger partial charge in [0, 0.05) is 21.9 Å². The number of amides is 4. The number of aromatic nitrogens is 1. The quantitative estimate of drug-likeness (QED) is 0.229. The third-order valence-electron chi connectivity index (χ3n) is 8.27. The van der Waals surface area contributed by atoms with Gasteiger partial charge in [-0.25, -0.2) is 22.6 Å². The molecule has 3 fully saturated rings. The summed E-state index contributed by atoms with van der Waals surface area (Å²) in [6, 6.07) is 6.96. The topological polar surface area (TPSA) is 173 Å². The summed E-state index contributed by atoms with van der Waals surface area (Å²) in [5.74, 6) is -1.79.